The Balaban J connectivity index is 1.56. The molecular weight excluding hydrogens is 450 g/mol. The third kappa shape index (κ3) is 3.79. The number of hydrogen-bond donors (Lipinski definition) is 2. The Morgan fingerprint density at radius 2 is 2.15 bits per heavy atom. The fourth-order valence-corrected chi connectivity index (χ4v) is 6.47. The Morgan fingerprint density at radius 1 is 1.32 bits per heavy atom. The smallest absolute Gasteiger partial charge is 0.335 e. The number of hydrogen-bond acceptors (Lipinski definition) is 4. The summed E-state index contributed by atoms with van der Waals surface area (Å²) in [5.41, 5.74) is 3.18. The number of anilines is 1. The molecule has 1 unspecified atom stereocenters. The van der Waals surface area contributed by atoms with Gasteiger partial charge in [-0.25, -0.2) is 4.79 Å². The number of nitrogens with zero attached hydrogens (tertiary/aromatic N) is 1. The van der Waals surface area contributed by atoms with Gasteiger partial charge in [0.1, 0.15) is 5.75 Å². The molecule has 5 nitrogen and oxygen atoms in total. The molecule has 2 aromatic rings. The summed E-state index contributed by atoms with van der Waals surface area (Å²) in [4.78, 5) is 14.1. The van der Waals surface area contributed by atoms with Crippen molar-refractivity contribution in [1.82, 2.24) is 0 Å². The van der Waals surface area contributed by atoms with E-state index in [9.17, 15) is 15.0 Å². The van der Waals surface area contributed by atoms with Gasteiger partial charge in [0.05, 0.1) is 24.0 Å². The van der Waals surface area contributed by atoms with Gasteiger partial charge in [0.15, 0.2) is 0 Å². The molecule has 0 amide bonds. The number of aliphatic hydroxyl groups is 1. The predicted octanol–water partition coefficient (Wildman–Crippen LogP) is 5.47. The minimum Gasteiger partial charge on any atom is -0.490 e. The number of benzene rings is 2. The van der Waals surface area contributed by atoms with E-state index in [0.29, 0.717) is 12.4 Å². The van der Waals surface area contributed by atoms with Crippen LogP contribution in [-0.4, -0.2) is 42.0 Å². The molecule has 1 aliphatic heterocycles. The highest BCUT2D eigenvalue weighted by Gasteiger charge is 2.49. The molecule has 1 saturated carbocycles. The van der Waals surface area contributed by atoms with E-state index < -0.39 is 12.1 Å². The van der Waals surface area contributed by atoms with Crippen LogP contribution < -0.4 is 9.64 Å². The van der Waals surface area contributed by atoms with Gasteiger partial charge in [-0.2, -0.15) is 0 Å². The monoisotopic (exact) mass is 481 g/mol. The van der Waals surface area contributed by atoms with E-state index in [1.807, 2.05) is 6.07 Å². The highest BCUT2D eigenvalue weighted by molar-refractivity contribution is 6.30. The van der Waals surface area contributed by atoms with Gasteiger partial charge in [0, 0.05) is 28.9 Å². The molecule has 1 fully saturated rings. The van der Waals surface area contributed by atoms with Gasteiger partial charge in [-0.3, -0.25) is 0 Å². The largest absolute Gasteiger partial charge is 0.490 e. The number of aromatic carboxylic acids is 1. The van der Waals surface area contributed by atoms with Crippen molar-refractivity contribution in [3.8, 4) is 5.75 Å². The molecule has 5 rings (SSSR count). The summed E-state index contributed by atoms with van der Waals surface area (Å²) in [6, 6.07) is 11.3. The van der Waals surface area contributed by atoms with Gasteiger partial charge in [-0.1, -0.05) is 30.7 Å². The average molecular weight is 482 g/mol. The van der Waals surface area contributed by atoms with E-state index in [-0.39, 0.29) is 22.3 Å². The fourth-order valence-electron chi connectivity index (χ4n) is 6.28. The van der Waals surface area contributed by atoms with Gasteiger partial charge in [-0.05, 0) is 79.5 Å². The highest BCUT2D eigenvalue weighted by atomic mass is 35.5. The van der Waals surface area contributed by atoms with E-state index >= 15 is 0 Å². The summed E-state index contributed by atoms with van der Waals surface area (Å²) in [5.74, 6) is 0.0356. The lowest BCUT2D eigenvalue weighted by atomic mass is 9.58. The molecule has 0 aromatic heterocycles. The number of halogens is 1. The zero-order chi connectivity index (χ0) is 24.1. The van der Waals surface area contributed by atoms with Gasteiger partial charge in [0.25, 0.3) is 0 Å². The van der Waals surface area contributed by atoms with E-state index in [2.05, 4.69) is 30.5 Å². The van der Waals surface area contributed by atoms with Crippen molar-refractivity contribution in [3.05, 3.63) is 70.8 Å². The average Bonchev–Trinajstić information content (AvgIpc) is 2.97. The van der Waals surface area contributed by atoms with Crippen molar-refractivity contribution in [1.29, 1.82) is 0 Å². The zero-order valence-corrected chi connectivity index (χ0v) is 20.4. The first-order valence-electron chi connectivity index (χ1n) is 12.1. The maximum atomic E-state index is 11.8. The van der Waals surface area contributed by atoms with Crippen LogP contribution in [0.2, 0.25) is 5.02 Å². The van der Waals surface area contributed by atoms with Crippen LogP contribution in [0.1, 0.15) is 54.1 Å². The highest BCUT2D eigenvalue weighted by Crippen LogP contribution is 2.51. The first-order valence-corrected chi connectivity index (χ1v) is 12.5. The molecule has 0 radical (unpaired) electrons. The van der Waals surface area contributed by atoms with E-state index in [1.54, 1.807) is 24.3 Å². The van der Waals surface area contributed by atoms with Gasteiger partial charge < -0.3 is 19.8 Å². The molecule has 1 heterocycles. The van der Waals surface area contributed by atoms with Crippen molar-refractivity contribution in [2.45, 2.75) is 50.5 Å². The lowest BCUT2D eigenvalue weighted by Gasteiger charge is -2.52. The number of rotatable bonds is 5. The number of carboxylic acid groups (broad SMARTS) is 1. The van der Waals surface area contributed by atoms with Crippen molar-refractivity contribution >= 4 is 23.3 Å². The summed E-state index contributed by atoms with van der Waals surface area (Å²) in [6.45, 7) is 7.94. The molecule has 0 saturated heterocycles. The van der Waals surface area contributed by atoms with Gasteiger partial charge in [-0.15, -0.1) is 6.58 Å². The molecule has 4 atom stereocenters. The quantitative estimate of drug-likeness (QED) is 0.554. The lowest BCUT2D eigenvalue weighted by Crippen LogP contribution is -2.53. The molecule has 2 aliphatic carbocycles. The SMILES string of the molecule is C=C[C@@H](O)[C@]1(C)CC[C@H]1CN1CC2(CCCc3cc(Cl)ccc32)COc2ccc(C(=O)O)cc21. The zero-order valence-electron chi connectivity index (χ0n) is 19.6. The summed E-state index contributed by atoms with van der Waals surface area (Å²) in [6.07, 6.45) is 6.09. The number of fused-ring (bicyclic) bond motifs is 3. The Morgan fingerprint density at radius 3 is 2.85 bits per heavy atom. The molecule has 34 heavy (non-hydrogen) atoms. The second kappa shape index (κ2) is 8.62. The Bertz CT molecular complexity index is 1130. The minimum absolute atomic E-state index is 0.211. The van der Waals surface area contributed by atoms with E-state index in [1.165, 1.54) is 11.1 Å². The predicted molar refractivity (Wildman–Crippen MR) is 134 cm³/mol. The minimum atomic E-state index is -0.949. The van der Waals surface area contributed by atoms with Crippen LogP contribution in [0, 0.1) is 11.3 Å². The van der Waals surface area contributed by atoms with Crippen LogP contribution in [-0.2, 0) is 11.8 Å². The second-order valence-corrected chi connectivity index (χ2v) is 11.0. The van der Waals surface area contributed by atoms with Crippen LogP contribution in [0.5, 0.6) is 5.75 Å². The molecular formula is C28H32ClNO4. The second-order valence-electron chi connectivity index (χ2n) is 10.5. The molecule has 2 aromatic carbocycles. The Hall–Kier alpha value is -2.50. The number of carbonyl (C=O) groups is 1. The topological polar surface area (TPSA) is 70.0 Å². The summed E-state index contributed by atoms with van der Waals surface area (Å²) in [7, 11) is 0. The number of ether oxygens (including phenoxy) is 1. The molecule has 3 aliphatic rings. The van der Waals surface area contributed by atoms with Crippen molar-refractivity contribution in [2.75, 3.05) is 24.6 Å². The van der Waals surface area contributed by atoms with Crippen molar-refractivity contribution in [3.63, 3.8) is 0 Å². The molecule has 2 N–H and O–H groups in total. The van der Waals surface area contributed by atoms with E-state index in [0.717, 1.165) is 55.9 Å². The van der Waals surface area contributed by atoms with Crippen molar-refractivity contribution < 1.29 is 19.7 Å². The normalized spacial score (nSPS) is 28.7. The third-order valence-corrected chi connectivity index (χ3v) is 8.82. The number of aryl methyl sites for hydroxylation is 1. The summed E-state index contributed by atoms with van der Waals surface area (Å²) < 4.78 is 6.41. The number of carboxylic acids is 1. The summed E-state index contributed by atoms with van der Waals surface area (Å²) in [5, 5.41) is 21.1. The van der Waals surface area contributed by atoms with Crippen LogP contribution in [0.3, 0.4) is 0 Å². The maximum absolute atomic E-state index is 11.8. The Labute approximate surface area is 206 Å². The maximum Gasteiger partial charge on any atom is 0.335 e. The van der Waals surface area contributed by atoms with Crippen LogP contribution >= 0.6 is 11.6 Å². The summed E-state index contributed by atoms with van der Waals surface area (Å²) >= 11 is 6.33. The van der Waals surface area contributed by atoms with Crippen molar-refractivity contribution in [2.24, 2.45) is 11.3 Å². The van der Waals surface area contributed by atoms with Crippen LogP contribution in [0.15, 0.2) is 49.1 Å². The molecule has 6 heteroatoms. The van der Waals surface area contributed by atoms with Gasteiger partial charge >= 0.3 is 5.97 Å². The Kier molecular flexibility index (Phi) is 5.89. The fraction of sp³-hybridized carbons (Fsp3) is 0.464. The van der Waals surface area contributed by atoms with Crippen LogP contribution in [0.25, 0.3) is 0 Å². The van der Waals surface area contributed by atoms with Gasteiger partial charge in [0.2, 0.25) is 0 Å². The molecule has 1 spiro atoms. The lowest BCUT2D eigenvalue weighted by molar-refractivity contribution is -0.0466. The number of aliphatic hydroxyl groups excluding tert-OH is 1. The molecule has 180 valence electrons. The van der Waals surface area contributed by atoms with E-state index in [4.69, 9.17) is 16.3 Å². The van der Waals surface area contributed by atoms with Crippen LogP contribution in [0.4, 0.5) is 5.69 Å². The first kappa shape index (κ1) is 23.3. The molecule has 0 bridgehead atoms. The standard InChI is InChI=1S/C28H32ClNO4/c1-3-25(31)27(2)12-10-20(27)15-30-16-28(11-4-5-18-13-21(29)7-8-22(18)28)17-34-24-9-6-19(26(32)33)14-23(24)30/h3,6-9,13-14,20,25,31H,1,4-5,10-12,15-17H2,2H3,(H,32,33)/t20-,25+,27+,28?/m0/s1. The first-order chi connectivity index (χ1) is 16.3. The third-order valence-electron chi connectivity index (χ3n) is 8.59.